The third kappa shape index (κ3) is 2.87. The van der Waals surface area contributed by atoms with Gasteiger partial charge < -0.3 is 9.64 Å². The summed E-state index contributed by atoms with van der Waals surface area (Å²) in [5.74, 6) is -1.44. The second kappa shape index (κ2) is 6.52. The lowest BCUT2D eigenvalue weighted by atomic mass is 9.92. The lowest BCUT2D eigenvalue weighted by Gasteiger charge is -2.35. The van der Waals surface area contributed by atoms with Gasteiger partial charge in [-0.3, -0.25) is 9.59 Å². The molecule has 0 N–H and O–H groups in total. The van der Waals surface area contributed by atoms with Crippen molar-refractivity contribution in [3.63, 3.8) is 0 Å². The Morgan fingerprint density at radius 1 is 1.17 bits per heavy atom. The number of carbonyl (C=O) groups is 3. The second-order valence-electron chi connectivity index (χ2n) is 6.23. The van der Waals surface area contributed by atoms with Crippen LogP contribution >= 0.6 is 0 Å². The zero-order chi connectivity index (χ0) is 16.4. The molecule has 5 heteroatoms. The summed E-state index contributed by atoms with van der Waals surface area (Å²) < 4.78 is 4.53. The van der Waals surface area contributed by atoms with Crippen molar-refractivity contribution in [2.75, 3.05) is 7.11 Å². The smallest absolute Gasteiger partial charge is 0.374 e. The molecule has 1 aliphatic heterocycles. The predicted octanol–water partition coefficient (Wildman–Crippen LogP) is 2.65. The standard InChI is InChI=1S/C18H21NO4/c1-23-18(22)16(20)11-15-13-9-5-6-10-14(13)17(21)19(15)12-7-3-2-4-8-12/h5-6,9-10,12,15H,2-4,7-8,11H2,1H3. The van der Waals surface area contributed by atoms with Gasteiger partial charge in [0.25, 0.3) is 5.91 Å². The zero-order valence-electron chi connectivity index (χ0n) is 13.3. The molecule has 3 rings (SSSR count). The molecule has 2 aliphatic rings. The fourth-order valence-corrected chi connectivity index (χ4v) is 3.77. The second-order valence-corrected chi connectivity index (χ2v) is 6.23. The molecule has 1 aromatic rings. The van der Waals surface area contributed by atoms with Gasteiger partial charge in [0, 0.05) is 18.0 Å². The van der Waals surface area contributed by atoms with Crippen LogP contribution in [-0.2, 0) is 14.3 Å². The largest absolute Gasteiger partial charge is 0.463 e. The van der Waals surface area contributed by atoms with Gasteiger partial charge in [-0.15, -0.1) is 0 Å². The maximum absolute atomic E-state index is 12.8. The third-order valence-electron chi connectivity index (χ3n) is 4.88. The highest BCUT2D eigenvalue weighted by Crippen LogP contribution is 2.40. The number of esters is 1. The number of ether oxygens (including phenoxy) is 1. The van der Waals surface area contributed by atoms with Gasteiger partial charge >= 0.3 is 5.97 Å². The highest BCUT2D eigenvalue weighted by molar-refractivity contribution is 6.33. The van der Waals surface area contributed by atoms with Gasteiger partial charge in [-0.05, 0) is 24.5 Å². The maximum atomic E-state index is 12.8. The molecule has 0 saturated heterocycles. The summed E-state index contributed by atoms with van der Waals surface area (Å²) in [6, 6.07) is 7.18. The van der Waals surface area contributed by atoms with E-state index in [1.54, 1.807) is 6.07 Å². The number of nitrogens with zero attached hydrogens (tertiary/aromatic N) is 1. The summed E-state index contributed by atoms with van der Waals surface area (Å²) in [5, 5.41) is 0. The molecule has 1 fully saturated rings. The molecule has 1 aromatic carbocycles. The zero-order valence-corrected chi connectivity index (χ0v) is 13.3. The Balaban J connectivity index is 1.91. The summed E-state index contributed by atoms with van der Waals surface area (Å²) in [4.78, 5) is 38.2. The Morgan fingerprint density at radius 3 is 2.57 bits per heavy atom. The molecule has 23 heavy (non-hydrogen) atoms. The average Bonchev–Trinajstić information content (AvgIpc) is 2.87. The van der Waals surface area contributed by atoms with Crippen molar-refractivity contribution < 1.29 is 19.1 Å². The summed E-state index contributed by atoms with van der Waals surface area (Å²) >= 11 is 0. The van der Waals surface area contributed by atoms with Crippen LogP contribution in [0.5, 0.6) is 0 Å². The maximum Gasteiger partial charge on any atom is 0.374 e. The molecule has 0 spiro atoms. The number of amides is 1. The van der Waals surface area contributed by atoms with E-state index in [1.807, 2.05) is 23.1 Å². The van der Waals surface area contributed by atoms with E-state index < -0.39 is 11.8 Å². The number of methoxy groups -OCH3 is 1. The Hall–Kier alpha value is -2.17. The molecule has 0 aromatic heterocycles. The summed E-state index contributed by atoms with van der Waals surface area (Å²) in [7, 11) is 1.20. The number of rotatable bonds is 4. The van der Waals surface area contributed by atoms with Crippen LogP contribution in [0.25, 0.3) is 0 Å². The molecular formula is C18H21NO4. The first-order valence-corrected chi connectivity index (χ1v) is 8.16. The molecular weight excluding hydrogens is 294 g/mol. The van der Waals surface area contributed by atoms with Crippen molar-refractivity contribution in [1.29, 1.82) is 0 Å². The first-order valence-electron chi connectivity index (χ1n) is 8.16. The number of hydrogen-bond donors (Lipinski definition) is 0. The first-order chi connectivity index (χ1) is 11.1. The van der Waals surface area contributed by atoms with E-state index >= 15 is 0 Å². The summed E-state index contributed by atoms with van der Waals surface area (Å²) in [6.45, 7) is 0. The molecule has 1 heterocycles. The minimum Gasteiger partial charge on any atom is -0.463 e. The highest BCUT2D eigenvalue weighted by Gasteiger charge is 2.42. The molecule has 0 radical (unpaired) electrons. The van der Waals surface area contributed by atoms with Crippen LogP contribution in [0.15, 0.2) is 24.3 Å². The number of fused-ring (bicyclic) bond motifs is 1. The van der Waals surface area contributed by atoms with E-state index in [4.69, 9.17) is 0 Å². The van der Waals surface area contributed by atoms with Crippen LogP contribution in [-0.4, -0.2) is 35.7 Å². The van der Waals surface area contributed by atoms with Crippen LogP contribution in [0.3, 0.4) is 0 Å². The lowest BCUT2D eigenvalue weighted by Crippen LogP contribution is -2.40. The monoisotopic (exact) mass is 315 g/mol. The van der Waals surface area contributed by atoms with E-state index in [0.29, 0.717) is 5.56 Å². The topological polar surface area (TPSA) is 63.7 Å². The fraction of sp³-hybridized carbons (Fsp3) is 0.500. The first kappa shape index (κ1) is 15.7. The normalized spacial score (nSPS) is 21.2. The van der Waals surface area contributed by atoms with Crippen molar-refractivity contribution in [3.05, 3.63) is 35.4 Å². The van der Waals surface area contributed by atoms with Crippen LogP contribution in [0.2, 0.25) is 0 Å². The summed E-state index contributed by atoms with van der Waals surface area (Å²) in [6.07, 6.45) is 5.30. The van der Waals surface area contributed by atoms with Gasteiger partial charge in [0.05, 0.1) is 13.2 Å². The van der Waals surface area contributed by atoms with Gasteiger partial charge in [0.15, 0.2) is 0 Å². The van der Waals surface area contributed by atoms with Crippen molar-refractivity contribution in [1.82, 2.24) is 4.90 Å². The van der Waals surface area contributed by atoms with Crippen molar-refractivity contribution in [2.24, 2.45) is 0 Å². The Kier molecular flexibility index (Phi) is 4.46. The van der Waals surface area contributed by atoms with Crippen LogP contribution in [0.4, 0.5) is 0 Å². The van der Waals surface area contributed by atoms with Crippen LogP contribution in [0, 0.1) is 0 Å². The quantitative estimate of drug-likeness (QED) is 0.633. The third-order valence-corrected chi connectivity index (χ3v) is 4.88. The van der Waals surface area contributed by atoms with Gasteiger partial charge in [-0.25, -0.2) is 4.79 Å². The number of carbonyl (C=O) groups excluding carboxylic acids is 3. The number of ketones is 1. The summed E-state index contributed by atoms with van der Waals surface area (Å²) in [5.41, 5.74) is 1.50. The fourth-order valence-electron chi connectivity index (χ4n) is 3.77. The highest BCUT2D eigenvalue weighted by atomic mass is 16.5. The molecule has 0 bridgehead atoms. The van der Waals surface area contributed by atoms with Gasteiger partial charge in [0.1, 0.15) is 0 Å². The molecule has 122 valence electrons. The predicted molar refractivity (Wildman–Crippen MR) is 83.9 cm³/mol. The van der Waals surface area contributed by atoms with E-state index in [9.17, 15) is 14.4 Å². The molecule has 1 atom stereocenters. The Labute approximate surface area is 135 Å². The Bertz CT molecular complexity index is 634. The van der Waals surface area contributed by atoms with Crippen molar-refractivity contribution in [2.45, 2.75) is 50.6 Å². The van der Waals surface area contributed by atoms with E-state index in [0.717, 1.165) is 31.2 Å². The van der Waals surface area contributed by atoms with Gasteiger partial charge in [0.2, 0.25) is 5.78 Å². The Morgan fingerprint density at radius 2 is 1.87 bits per heavy atom. The molecule has 1 saturated carbocycles. The van der Waals surface area contributed by atoms with Gasteiger partial charge in [-0.2, -0.15) is 0 Å². The van der Waals surface area contributed by atoms with Crippen molar-refractivity contribution in [3.8, 4) is 0 Å². The number of benzene rings is 1. The minimum atomic E-state index is -0.842. The average molecular weight is 315 g/mol. The van der Waals surface area contributed by atoms with Gasteiger partial charge in [-0.1, -0.05) is 37.5 Å². The lowest BCUT2D eigenvalue weighted by molar-refractivity contribution is -0.152. The van der Waals surface area contributed by atoms with E-state index in [2.05, 4.69) is 4.74 Å². The molecule has 1 aliphatic carbocycles. The SMILES string of the molecule is COC(=O)C(=O)CC1c2ccccc2C(=O)N1C1CCCCC1. The number of hydrogen-bond acceptors (Lipinski definition) is 4. The van der Waals surface area contributed by atoms with Crippen molar-refractivity contribution >= 4 is 17.7 Å². The van der Waals surface area contributed by atoms with Crippen LogP contribution in [0.1, 0.15) is 60.5 Å². The van der Waals surface area contributed by atoms with E-state index in [1.165, 1.54) is 13.5 Å². The van der Waals surface area contributed by atoms with E-state index in [-0.39, 0.29) is 24.4 Å². The van der Waals surface area contributed by atoms with Crippen LogP contribution < -0.4 is 0 Å². The minimum absolute atomic E-state index is 0.00801. The number of Topliss-reactive ketones (excluding diaryl/α,β-unsaturated/α-hetero) is 1. The molecule has 1 unspecified atom stereocenters. The molecule has 1 amide bonds. The molecule has 5 nitrogen and oxygen atoms in total.